The maximum atomic E-state index is 12.7. The van der Waals surface area contributed by atoms with Gasteiger partial charge in [0.05, 0.1) is 11.6 Å². The van der Waals surface area contributed by atoms with Crippen molar-refractivity contribution in [3.63, 3.8) is 0 Å². The topological polar surface area (TPSA) is 28.7 Å². The van der Waals surface area contributed by atoms with Gasteiger partial charge in [-0.25, -0.2) is 4.98 Å². The van der Waals surface area contributed by atoms with Crippen LogP contribution in [0.1, 0.15) is 56.2 Å². The normalized spacial score (nSPS) is 21.7. The molecule has 0 aliphatic heterocycles. The fourth-order valence-electron chi connectivity index (χ4n) is 2.59. The van der Waals surface area contributed by atoms with E-state index in [0.717, 1.165) is 24.4 Å². The Bertz CT molecular complexity index is 409. The summed E-state index contributed by atoms with van der Waals surface area (Å²) in [5.74, 6) is -0.0607. The van der Waals surface area contributed by atoms with Crippen LogP contribution in [-0.2, 0) is 12.8 Å². The van der Waals surface area contributed by atoms with Crippen molar-refractivity contribution in [3.05, 3.63) is 17.2 Å². The number of fused-ring (bicyclic) bond motifs is 1. The van der Waals surface area contributed by atoms with E-state index in [0.29, 0.717) is 18.0 Å². The molecule has 102 valence electrons. The van der Waals surface area contributed by atoms with E-state index in [1.807, 2.05) is 0 Å². The maximum absolute atomic E-state index is 12.7. The van der Waals surface area contributed by atoms with Crippen LogP contribution in [0.15, 0.2) is 0 Å². The average Bonchev–Trinajstić information content (AvgIpc) is 2.70. The van der Waals surface area contributed by atoms with Gasteiger partial charge < -0.3 is 4.98 Å². The highest BCUT2D eigenvalue weighted by Crippen LogP contribution is 2.36. The lowest BCUT2D eigenvalue weighted by atomic mass is 9.89. The van der Waals surface area contributed by atoms with E-state index in [-0.39, 0.29) is 12.8 Å². The Balaban J connectivity index is 2.14. The molecule has 1 aromatic rings. The third-order valence-electron chi connectivity index (χ3n) is 3.71. The zero-order valence-corrected chi connectivity index (χ0v) is 10.8. The van der Waals surface area contributed by atoms with Crippen molar-refractivity contribution in [2.75, 3.05) is 0 Å². The summed E-state index contributed by atoms with van der Waals surface area (Å²) in [6.07, 6.45) is -1.35. The van der Waals surface area contributed by atoms with E-state index < -0.39 is 12.1 Å². The molecule has 2 rings (SSSR count). The zero-order valence-electron chi connectivity index (χ0n) is 10.8. The SMILES string of the molecule is CCCC(C)c1nc2c([nH]1)CC(C(F)(F)F)CC2. The molecule has 0 radical (unpaired) electrons. The minimum atomic E-state index is -4.09. The number of nitrogens with one attached hydrogen (secondary N) is 1. The van der Waals surface area contributed by atoms with Crippen LogP contribution in [0.2, 0.25) is 0 Å². The van der Waals surface area contributed by atoms with Gasteiger partial charge in [-0.2, -0.15) is 13.2 Å². The molecular weight excluding hydrogens is 241 g/mol. The van der Waals surface area contributed by atoms with Gasteiger partial charge in [0.25, 0.3) is 0 Å². The molecule has 0 fully saturated rings. The second-order valence-corrected chi connectivity index (χ2v) is 5.22. The minimum absolute atomic E-state index is 0.0602. The molecule has 1 heterocycles. The van der Waals surface area contributed by atoms with Crippen LogP contribution in [0.3, 0.4) is 0 Å². The third-order valence-corrected chi connectivity index (χ3v) is 3.71. The van der Waals surface area contributed by atoms with E-state index in [1.165, 1.54) is 0 Å². The van der Waals surface area contributed by atoms with Gasteiger partial charge >= 0.3 is 6.18 Å². The summed E-state index contributed by atoms with van der Waals surface area (Å²) in [4.78, 5) is 7.57. The van der Waals surface area contributed by atoms with Gasteiger partial charge in [0.1, 0.15) is 5.82 Å². The van der Waals surface area contributed by atoms with Crippen LogP contribution in [0, 0.1) is 5.92 Å². The van der Waals surface area contributed by atoms with Gasteiger partial charge in [0.15, 0.2) is 0 Å². The van der Waals surface area contributed by atoms with E-state index in [4.69, 9.17) is 0 Å². The molecule has 1 N–H and O–H groups in total. The van der Waals surface area contributed by atoms with Crippen molar-refractivity contribution in [2.45, 2.75) is 58.0 Å². The van der Waals surface area contributed by atoms with Gasteiger partial charge in [-0.3, -0.25) is 0 Å². The number of alkyl halides is 3. The van der Waals surface area contributed by atoms with Gasteiger partial charge in [-0.1, -0.05) is 20.3 Å². The van der Waals surface area contributed by atoms with Crippen molar-refractivity contribution in [2.24, 2.45) is 5.92 Å². The number of imidazole rings is 1. The largest absolute Gasteiger partial charge is 0.392 e. The quantitative estimate of drug-likeness (QED) is 0.875. The van der Waals surface area contributed by atoms with Crippen LogP contribution in [0.4, 0.5) is 13.2 Å². The highest BCUT2D eigenvalue weighted by molar-refractivity contribution is 5.20. The monoisotopic (exact) mass is 260 g/mol. The summed E-state index contributed by atoms with van der Waals surface area (Å²) < 4.78 is 38.1. The van der Waals surface area contributed by atoms with E-state index in [1.54, 1.807) is 0 Å². The van der Waals surface area contributed by atoms with Crippen molar-refractivity contribution in [3.8, 4) is 0 Å². The number of hydrogen-bond donors (Lipinski definition) is 1. The molecule has 1 aromatic heterocycles. The number of nitrogens with zero attached hydrogens (tertiary/aromatic N) is 1. The Morgan fingerprint density at radius 2 is 2.17 bits per heavy atom. The lowest BCUT2D eigenvalue weighted by Crippen LogP contribution is -2.28. The number of hydrogen-bond acceptors (Lipinski definition) is 1. The molecule has 0 amide bonds. The molecule has 2 nitrogen and oxygen atoms in total. The molecule has 5 heteroatoms. The Labute approximate surface area is 105 Å². The molecule has 18 heavy (non-hydrogen) atoms. The Morgan fingerprint density at radius 3 is 2.78 bits per heavy atom. The molecule has 1 aliphatic rings. The van der Waals surface area contributed by atoms with Crippen molar-refractivity contribution in [1.29, 1.82) is 0 Å². The Hall–Kier alpha value is -1.00. The fourth-order valence-corrected chi connectivity index (χ4v) is 2.59. The Morgan fingerprint density at radius 1 is 1.44 bits per heavy atom. The first-order valence-corrected chi connectivity index (χ1v) is 6.56. The molecular formula is C13H19F3N2. The second kappa shape index (κ2) is 4.94. The van der Waals surface area contributed by atoms with Crippen LogP contribution < -0.4 is 0 Å². The summed E-state index contributed by atoms with van der Waals surface area (Å²) in [7, 11) is 0. The number of rotatable bonds is 3. The van der Waals surface area contributed by atoms with Crippen molar-refractivity contribution in [1.82, 2.24) is 9.97 Å². The molecule has 2 unspecified atom stereocenters. The Kier molecular flexibility index (Phi) is 3.69. The predicted molar refractivity (Wildman–Crippen MR) is 63.5 cm³/mol. The van der Waals surface area contributed by atoms with Gasteiger partial charge in [0, 0.05) is 18.0 Å². The summed E-state index contributed by atoms with van der Waals surface area (Å²) >= 11 is 0. The second-order valence-electron chi connectivity index (χ2n) is 5.22. The number of aryl methyl sites for hydroxylation is 1. The summed E-state index contributed by atoms with van der Waals surface area (Å²) in [5.41, 5.74) is 1.54. The van der Waals surface area contributed by atoms with Crippen molar-refractivity contribution >= 4 is 0 Å². The van der Waals surface area contributed by atoms with Crippen LogP contribution >= 0.6 is 0 Å². The number of aromatic amines is 1. The van der Waals surface area contributed by atoms with Crippen LogP contribution in [0.5, 0.6) is 0 Å². The predicted octanol–water partition coefficient (Wildman–Crippen LogP) is 3.98. The molecule has 0 bridgehead atoms. The van der Waals surface area contributed by atoms with E-state index in [9.17, 15) is 13.2 Å². The average molecular weight is 260 g/mol. The standard InChI is InChI=1S/C13H19F3N2/c1-3-4-8(2)12-17-10-6-5-9(13(14,15)16)7-11(10)18-12/h8-9H,3-7H2,1-2H3,(H,17,18). The summed E-state index contributed by atoms with van der Waals surface area (Å²) in [6, 6.07) is 0. The lowest BCUT2D eigenvalue weighted by Gasteiger charge is -2.23. The molecule has 0 saturated heterocycles. The first kappa shape index (κ1) is 13.4. The van der Waals surface area contributed by atoms with E-state index >= 15 is 0 Å². The molecule has 0 aromatic carbocycles. The van der Waals surface area contributed by atoms with E-state index in [2.05, 4.69) is 23.8 Å². The smallest absolute Gasteiger partial charge is 0.345 e. The summed E-state index contributed by atoms with van der Waals surface area (Å²) in [5, 5.41) is 0. The van der Waals surface area contributed by atoms with Gasteiger partial charge in [0.2, 0.25) is 0 Å². The summed E-state index contributed by atoms with van der Waals surface area (Å²) in [6.45, 7) is 4.16. The maximum Gasteiger partial charge on any atom is 0.392 e. The number of halogens is 3. The fraction of sp³-hybridized carbons (Fsp3) is 0.769. The zero-order chi connectivity index (χ0) is 13.3. The first-order valence-electron chi connectivity index (χ1n) is 6.56. The highest BCUT2D eigenvalue weighted by atomic mass is 19.4. The molecule has 0 spiro atoms. The third kappa shape index (κ3) is 2.70. The molecule has 0 saturated carbocycles. The molecule has 1 aliphatic carbocycles. The number of H-pyrrole nitrogens is 1. The number of aromatic nitrogens is 2. The highest BCUT2D eigenvalue weighted by Gasteiger charge is 2.42. The van der Waals surface area contributed by atoms with Crippen LogP contribution in [-0.4, -0.2) is 16.1 Å². The molecule has 2 atom stereocenters. The van der Waals surface area contributed by atoms with Gasteiger partial charge in [-0.15, -0.1) is 0 Å². The first-order chi connectivity index (χ1) is 8.41. The van der Waals surface area contributed by atoms with Crippen LogP contribution in [0.25, 0.3) is 0 Å². The lowest BCUT2D eigenvalue weighted by molar-refractivity contribution is -0.177. The van der Waals surface area contributed by atoms with Gasteiger partial charge in [-0.05, 0) is 19.3 Å². The van der Waals surface area contributed by atoms with Crippen molar-refractivity contribution < 1.29 is 13.2 Å². The minimum Gasteiger partial charge on any atom is -0.345 e.